The molecule has 0 saturated heterocycles. The van der Waals surface area contributed by atoms with E-state index in [1.165, 1.54) is 69.8 Å². The fourth-order valence-electron chi connectivity index (χ4n) is 9.65. The summed E-state index contributed by atoms with van der Waals surface area (Å²) in [5.74, 6) is 2.80. The number of unbranched alkanes of at least 4 members (excludes halogenated alkanes) is 6. The summed E-state index contributed by atoms with van der Waals surface area (Å²) in [6, 6.07) is 0. The molecule has 4 rings (SSSR count). The summed E-state index contributed by atoms with van der Waals surface area (Å²) in [7, 11) is -1.61. The van der Waals surface area contributed by atoms with Gasteiger partial charge < -0.3 is 9.16 Å². The van der Waals surface area contributed by atoms with Gasteiger partial charge in [-0.3, -0.25) is 9.59 Å². The predicted molar refractivity (Wildman–Crippen MR) is 176 cm³/mol. The van der Waals surface area contributed by atoms with Gasteiger partial charge in [0.05, 0.1) is 0 Å². The van der Waals surface area contributed by atoms with Crippen molar-refractivity contribution in [3.8, 4) is 0 Å². The van der Waals surface area contributed by atoms with Crippen molar-refractivity contribution in [3.63, 3.8) is 0 Å². The highest BCUT2D eigenvalue weighted by molar-refractivity contribution is 6.74. The number of allylic oxidation sites excluding steroid dienone is 1. The van der Waals surface area contributed by atoms with Crippen LogP contribution in [0.15, 0.2) is 11.6 Å². The Kier molecular flexibility index (Phi) is 10.4. The van der Waals surface area contributed by atoms with Crippen molar-refractivity contribution in [1.29, 1.82) is 0 Å². The maximum Gasteiger partial charge on any atom is 0.303 e. The molecule has 0 aromatic carbocycles. The fraction of sp³-hybridized carbons (Fsp3) is 0.892. The Bertz CT molecular complexity index is 1010. The summed E-state index contributed by atoms with van der Waals surface area (Å²) < 4.78 is 12.5. The maximum atomic E-state index is 12.5. The number of ether oxygens (including phenoxy) is 1. The van der Waals surface area contributed by atoms with Crippen LogP contribution in [0, 0.1) is 34.5 Å². The summed E-state index contributed by atoms with van der Waals surface area (Å²) >= 11 is 0. The second-order valence-corrected chi connectivity index (χ2v) is 21.8. The monoisotopic (exact) mass is 600 g/mol. The average molecular weight is 601 g/mol. The molecule has 0 spiro atoms. The largest absolute Gasteiger partial charge is 0.459 e. The molecule has 5 heteroatoms. The van der Waals surface area contributed by atoms with E-state index in [2.05, 4.69) is 60.7 Å². The van der Waals surface area contributed by atoms with Crippen molar-refractivity contribution < 1.29 is 18.8 Å². The third kappa shape index (κ3) is 6.68. The summed E-state index contributed by atoms with van der Waals surface area (Å²) in [5.41, 5.74) is 1.34. The molecule has 0 N–H and O–H groups in total. The number of rotatable bonds is 12. The Morgan fingerprint density at radius 2 is 1.55 bits per heavy atom. The van der Waals surface area contributed by atoms with Crippen LogP contribution in [0.25, 0.3) is 0 Å². The standard InChI is InChI=1S/C37H64O4Si/c1-27(38)41-37(7)23-20-32-33-28(17-15-13-11-10-12-14-16-24-40-42(8,9)34(2,3)4)25-29-26-30(39)18-21-35(29,5)31(33)19-22-36(32,37)6/h26,28,31-33H,10-25H2,1-9H3/t28?,31-,32+,33-,35+,36+,37?/m1/s1. The first-order valence-corrected chi connectivity index (χ1v) is 20.5. The van der Waals surface area contributed by atoms with Gasteiger partial charge in [0.2, 0.25) is 0 Å². The van der Waals surface area contributed by atoms with E-state index in [1.807, 2.05) is 0 Å². The van der Waals surface area contributed by atoms with Crippen LogP contribution in [-0.2, 0) is 18.8 Å². The molecule has 240 valence electrons. The second-order valence-electron chi connectivity index (χ2n) is 17.0. The van der Waals surface area contributed by atoms with E-state index in [0.29, 0.717) is 40.9 Å². The molecular weight excluding hydrogens is 536 g/mol. The lowest BCUT2D eigenvalue weighted by atomic mass is 9.44. The minimum atomic E-state index is -1.61. The minimum absolute atomic E-state index is 0.0500. The van der Waals surface area contributed by atoms with Gasteiger partial charge in [0.15, 0.2) is 14.1 Å². The van der Waals surface area contributed by atoms with Gasteiger partial charge in [-0.05, 0) is 112 Å². The zero-order valence-corrected chi connectivity index (χ0v) is 29.8. The number of carbonyl (C=O) groups is 2. The van der Waals surface area contributed by atoms with E-state index in [9.17, 15) is 9.59 Å². The van der Waals surface area contributed by atoms with Gasteiger partial charge in [0.25, 0.3) is 0 Å². The van der Waals surface area contributed by atoms with Crippen molar-refractivity contribution in [3.05, 3.63) is 11.6 Å². The van der Waals surface area contributed by atoms with E-state index in [-0.39, 0.29) is 22.4 Å². The van der Waals surface area contributed by atoms with Crippen LogP contribution in [0.1, 0.15) is 145 Å². The number of fused-ring (bicyclic) bond motifs is 5. The maximum absolute atomic E-state index is 12.5. The summed E-state index contributed by atoms with van der Waals surface area (Å²) in [6.45, 7) is 21.3. The first-order chi connectivity index (χ1) is 19.5. The van der Waals surface area contributed by atoms with E-state index >= 15 is 0 Å². The van der Waals surface area contributed by atoms with Gasteiger partial charge in [-0.15, -0.1) is 0 Å². The SMILES string of the molecule is CC(=O)OC1(C)CC[C@H]2[C@@H]3C(CCCCCCCCCO[Si](C)(C)C(C)(C)C)CC4=CC(=O)CC[C@]4(C)[C@@H]3CC[C@@]21C. The third-order valence-electron chi connectivity index (χ3n) is 13.5. The van der Waals surface area contributed by atoms with Gasteiger partial charge in [-0.25, -0.2) is 0 Å². The highest BCUT2D eigenvalue weighted by atomic mass is 28.4. The van der Waals surface area contributed by atoms with E-state index in [4.69, 9.17) is 9.16 Å². The molecule has 0 amide bonds. The van der Waals surface area contributed by atoms with Crippen LogP contribution in [0.2, 0.25) is 18.1 Å². The second kappa shape index (κ2) is 12.8. The molecule has 0 aromatic rings. The molecule has 0 radical (unpaired) electrons. The molecule has 4 nitrogen and oxygen atoms in total. The van der Waals surface area contributed by atoms with Crippen LogP contribution >= 0.6 is 0 Å². The molecule has 0 bridgehead atoms. The van der Waals surface area contributed by atoms with Crippen molar-refractivity contribution in [1.82, 2.24) is 0 Å². The van der Waals surface area contributed by atoms with E-state index < -0.39 is 8.32 Å². The molecule has 0 heterocycles. The molecule has 7 atom stereocenters. The van der Waals surface area contributed by atoms with Crippen molar-refractivity contribution in [2.45, 2.75) is 169 Å². The van der Waals surface area contributed by atoms with Crippen molar-refractivity contribution >= 4 is 20.1 Å². The smallest absolute Gasteiger partial charge is 0.303 e. The molecule has 0 aliphatic heterocycles. The fourth-order valence-corrected chi connectivity index (χ4v) is 10.7. The van der Waals surface area contributed by atoms with Crippen LogP contribution in [0.3, 0.4) is 0 Å². The predicted octanol–water partition coefficient (Wildman–Crippen LogP) is 10.2. The first-order valence-electron chi connectivity index (χ1n) is 17.6. The number of hydrogen-bond acceptors (Lipinski definition) is 4. The first kappa shape index (κ1) is 33.9. The topological polar surface area (TPSA) is 52.6 Å². The van der Waals surface area contributed by atoms with Gasteiger partial charge in [-0.2, -0.15) is 0 Å². The molecule has 0 aromatic heterocycles. The summed E-state index contributed by atoms with van der Waals surface area (Å²) in [6.07, 6.45) is 19.7. The molecule has 42 heavy (non-hydrogen) atoms. The van der Waals surface area contributed by atoms with Gasteiger partial charge >= 0.3 is 5.97 Å². The minimum Gasteiger partial charge on any atom is -0.459 e. The number of carbonyl (C=O) groups excluding carboxylic acids is 2. The number of hydrogen-bond donors (Lipinski definition) is 0. The Morgan fingerprint density at radius 1 is 0.929 bits per heavy atom. The Hall–Kier alpha value is -0.943. The lowest BCUT2D eigenvalue weighted by Gasteiger charge is -2.61. The highest BCUT2D eigenvalue weighted by Gasteiger charge is 2.65. The zero-order valence-electron chi connectivity index (χ0n) is 28.8. The van der Waals surface area contributed by atoms with Crippen LogP contribution < -0.4 is 0 Å². The number of esters is 1. The lowest BCUT2D eigenvalue weighted by Crippen LogP contribution is -2.57. The lowest BCUT2D eigenvalue weighted by molar-refractivity contribution is -0.180. The van der Waals surface area contributed by atoms with Crippen LogP contribution in [-0.4, -0.2) is 32.3 Å². The van der Waals surface area contributed by atoms with Crippen LogP contribution in [0.4, 0.5) is 0 Å². The van der Waals surface area contributed by atoms with Crippen LogP contribution in [0.5, 0.6) is 0 Å². The molecule has 2 unspecified atom stereocenters. The molecule has 3 saturated carbocycles. The molecule has 4 aliphatic carbocycles. The quantitative estimate of drug-likeness (QED) is 0.127. The highest BCUT2D eigenvalue weighted by Crippen LogP contribution is 2.69. The van der Waals surface area contributed by atoms with E-state index in [1.54, 1.807) is 6.92 Å². The average Bonchev–Trinajstić information content (AvgIpc) is 3.14. The van der Waals surface area contributed by atoms with Crippen molar-refractivity contribution in [2.75, 3.05) is 6.61 Å². The summed E-state index contributed by atoms with van der Waals surface area (Å²) in [5, 5.41) is 0.295. The Balaban J connectivity index is 1.32. The normalized spacial score (nSPS) is 36.6. The molecule has 4 aliphatic rings. The van der Waals surface area contributed by atoms with Gasteiger partial charge in [0.1, 0.15) is 5.60 Å². The van der Waals surface area contributed by atoms with Gasteiger partial charge in [-0.1, -0.05) is 78.7 Å². The Labute approximate surface area is 259 Å². The van der Waals surface area contributed by atoms with Gasteiger partial charge in [0, 0.05) is 25.4 Å². The molecule has 3 fully saturated rings. The number of ketones is 1. The summed E-state index contributed by atoms with van der Waals surface area (Å²) in [4.78, 5) is 24.7. The van der Waals surface area contributed by atoms with Crippen molar-refractivity contribution in [2.24, 2.45) is 34.5 Å². The Morgan fingerprint density at radius 3 is 2.19 bits per heavy atom. The van der Waals surface area contributed by atoms with E-state index in [0.717, 1.165) is 32.3 Å². The zero-order chi connectivity index (χ0) is 31.0. The third-order valence-corrected chi connectivity index (χ3v) is 18.1. The molecular formula is C37H64O4Si.